The molecule has 0 saturated heterocycles. The van der Waals surface area contributed by atoms with E-state index in [1.807, 2.05) is 67.6 Å². The number of tetrazole rings is 1. The molecule has 1 atom stereocenters. The van der Waals surface area contributed by atoms with Crippen LogP contribution in [0.3, 0.4) is 0 Å². The van der Waals surface area contributed by atoms with Crippen LogP contribution in [0.25, 0.3) is 0 Å². The number of rotatable bonds is 9. The molecule has 1 amide bonds. The quantitative estimate of drug-likeness (QED) is 0.400. The molecular formula is C22H25N5O3. The monoisotopic (exact) mass is 407 g/mol. The maximum Gasteiger partial charge on any atom is 0.318 e. The number of aromatic nitrogens is 4. The van der Waals surface area contributed by atoms with E-state index in [-0.39, 0.29) is 18.9 Å². The summed E-state index contributed by atoms with van der Waals surface area (Å²) in [6.45, 7) is 4.64. The van der Waals surface area contributed by atoms with Crippen molar-refractivity contribution in [2.45, 2.75) is 26.8 Å². The zero-order valence-corrected chi connectivity index (χ0v) is 17.1. The van der Waals surface area contributed by atoms with Crippen LogP contribution in [-0.2, 0) is 27.3 Å². The van der Waals surface area contributed by atoms with Crippen molar-refractivity contribution < 1.29 is 14.3 Å². The first-order chi connectivity index (χ1) is 14.6. The van der Waals surface area contributed by atoms with Gasteiger partial charge in [-0.2, -0.15) is 0 Å². The number of hydrogen-bond donors (Lipinski definition) is 0. The molecule has 0 aliphatic rings. The highest BCUT2D eigenvalue weighted by Gasteiger charge is 2.34. The number of carbonyl (C=O) groups is 2. The van der Waals surface area contributed by atoms with E-state index in [1.54, 1.807) is 16.5 Å². The highest BCUT2D eigenvalue weighted by molar-refractivity contribution is 6.06. The summed E-state index contributed by atoms with van der Waals surface area (Å²) in [6, 6.07) is 19.0. The summed E-state index contributed by atoms with van der Waals surface area (Å²) >= 11 is 0. The maximum atomic E-state index is 13.3. The Kier molecular flexibility index (Phi) is 7.26. The zero-order chi connectivity index (χ0) is 21.3. The van der Waals surface area contributed by atoms with Gasteiger partial charge < -0.3 is 9.64 Å². The summed E-state index contributed by atoms with van der Waals surface area (Å²) < 4.78 is 6.80. The fourth-order valence-electron chi connectivity index (χ4n) is 3.21. The van der Waals surface area contributed by atoms with E-state index in [0.717, 1.165) is 11.3 Å². The van der Waals surface area contributed by atoms with E-state index >= 15 is 0 Å². The van der Waals surface area contributed by atoms with Gasteiger partial charge in [0, 0.05) is 18.7 Å². The molecule has 8 heteroatoms. The van der Waals surface area contributed by atoms with Crippen LogP contribution < -0.4 is 4.90 Å². The van der Waals surface area contributed by atoms with E-state index in [0.29, 0.717) is 18.9 Å². The summed E-state index contributed by atoms with van der Waals surface area (Å²) in [5.41, 5.74) is 1.74. The third-order valence-corrected chi connectivity index (χ3v) is 4.69. The molecule has 1 unspecified atom stereocenters. The molecule has 0 bridgehead atoms. The third-order valence-electron chi connectivity index (χ3n) is 4.69. The molecule has 3 aromatic rings. The van der Waals surface area contributed by atoms with Crippen LogP contribution in [0.5, 0.6) is 0 Å². The predicted octanol–water partition coefficient (Wildman–Crippen LogP) is 2.50. The Morgan fingerprint density at radius 3 is 2.33 bits per heavy atom. The second kappa shape index (κ2) is 10.3. The maximum absolute atomic E-state index is 13.3. The lowest BCUT2D eigenvalue weighted by Crippen LogP contribution is -2.41. The molecule has 0 N–H and O–H groups in total. The molecule has 30 heavy (non-hydrogen) atoms. The number of hydrogen-bond acceptors (Lipinski definition) is 6. The number of amides is 1. The first-order valence-corrected chi connectivity index (χ1v) is 9.96. The summed E-state index contributed by atoms with van der Waals surface area (Å²) in [5.74, 6) is -1.50. The number of carbonyl (C=O) groups excluding carboxylic acids is 2. The lowest BCUT2D eigenvalue weighted by Gasteiger charge is -2.25. The van der Waals surface area contributed by atoms with Gasteiger partial charge in [0.1, 0.15) is 5.92 Å². The predicted molar refractivity (Wildman–Crippen MR) is 112 cm³/mol. The lowest BCUT2D eigenvalue weighted by molar-refractivity contribution is -0.151. The fourth-order valence-corrected chi connectivity index (χ4v) is 3.21. The molecule has 0 aliphatic carbocycles. The standard InChI is InChI=1S/C22H25N5O3/c1-3-26(18-13-9-6-10-14-18)21(28)19(22(29)30-4-2)15-20-23-24-25-27(20)16-17-11-7-5-8-12-17/h5-14,19H,3-4,15-16H2,1-2H3. The van der Waals surface area contributed by atoms with Crippen LogP contribution in [-0.4, -0.2) is 45.2 Å². The van der Waals surface area contributed by atoms with Gasteiger partial charge in [0.15, 0.2) is 5.82 Å². The number of nitrogens with zero attached hydrogens (tertiary/aromatic N) is 5. The molecule has 0 spiro atoms. The van der Waals surface area contributed by atoms with Gasteiger partial charge in [-0.05, 0) is 42.0 Å². The molecule has 1 heterocycles. The Morgan fingerprint density at radius 1 is 1.03 bits per heavy atom. The van der Waals surface area contributed by atoms with Crippen molar-refractivity contribution in [1.82, 2.24) is 20.2 Å². The zero-order valence-electron chi connectivity index (χ0n) is 17.1. The first-order valence-electron chi connectivity index (χ1n) is 9.96. The van der Waals surface area contributed by atoms with Gasteiger partial charge in [-0.25, -0.2) is 4.68 Å². The SMILES string of the molecule is CCOC(=O)C(Cc1nnnn1Cc1ccccc1)C(=O)N(CC)c1ccccc1. The van der Waals surface area contributed by atoms with E-state index in [2.05, 4.69) is 15.5 Å². The molecule has 8 nitrogen and oxygen atoms in total. The average Bonchev–Trinajstić information content (AvgIpc) is 3.20. The van der Waals surface area contributed by atoms with E-state index in [9.17, 15) is 9.59 Å². The van der Waals surface area contributed by atoms with E-state index < -0.39 is 11.9 Å². The Morgan fingerprint density at radius 2 is 1.70 bits per heavy atom. The van der Waals surface area contributed by atoms with Gasteiger partial charge in [0.2, 0.25) is 5.91 Å². The number of benzene rings is 2. The highest BCUT2D eigenvalue weighted by atomic mass is 16.5. The molecule has 3 rings (SSSR count). The minimum Gasteiger partial charge on any atom is -0.465 e. The van der Waals surface area contributed by atoms with Crippen LogP contribution in [0.1, 0.15) is 25.2 Å². The topological polar surface area (TPSA) is 90.2 Å². The number of esters is 1. The van der Waals surface area contributed by atoms with Crippen molar-refractivity contribution >= 4 is 17.6 Å². The Hall–Kier alpha value is -3.55. The molecule has 0 radical (unpaired) electrons. The van der Waals surface area contributed by atoms with Crippen molar-refractivity contribution in [1.29, 1.82) is 0 Å². The smallest absolute Gasteiger partial charge is 0.318 e. The number of ether oxygens (including phenoxy) is 1. The largest absolute Gasteiger partial charge is 0.465 e. The number of para-hydroxylation sites is 1. The van der Waals surface area contributed by atoms with Crippen LogP contribution in [0.2, 0.25) is 0 Å². The van der Waals surface area contributed by atoms with Crippen molar-refractivity contribution in [3.8, 4) is 0 Å². The first kappa shape index (κ1) is 21.2. The van der Waals surface area contributed by atoms with Crippen LogP contribution in [0, 0.1) is 5.92 Å². The van der Waals surface area contributed by atoms with Gasteiger partial charge in [-0.1, -0.05) is 48.5 Å². The summed E-state index contributed by atoms with van der Waals surface area (Å²) in [6.07, 6.45) is 0.0564. The third kappa shape index (κ3) is 5.08. The van der Waals surface area contributed by atoms with Crippen molar-refractivity contribution in [3.63, 3.8) is 0 Å². The molecule has 2 aromatic carbocycles. The van der Waals surface area contributed by atoms with Gasteiger partial charge in [-0.3, -0.25) is 9.59 Å². The van der Waals surface area contributed by atoms with E-state index in [1.165, 1.54) is 0 Å². The normalized spacial score (nSPS) is 11.7. The minimum atomic E-state index is -1.04. The van der Waals surface area contributed by atoms with Crippen LogP contribution in [0.4, 0.5) is 5.69 Å². The second-order valence-electron chi connectivity index (χ2n) is 6.67. The van der Waals surface area contributed by atoms with E-state index in [4.69, 9.17) is 4.74 Å². The summed E-state index contributed by atoms with van der Waals surface area (Å²) in [7, 11) is 0. The highest BCUT2D eigenvalue weighted by Crippen LogP contribution is 2.19. The minimum absolute atomic E-state index is 0.0564. The van der Waals surface area contributed by atoms with Gasteiger partial charge in [0.25, 0.3) is 0 Å². The molecule has 0 fully saturated rings. The second-order valence-corrected chi connectivity index (χ2v) is 6.67. The Bertz CT molecular complexity index is 959. The lowest BCUT2D eigenvalue weighted by atomic mass is 10.0. The van der Waals surface area contributed by atoms with Gasteiger partial charge in [-0.15, -0.1) is 5.10 Å². The summed E-state index contributed by atoms with van der Waals surface area (Å²) in [5, 5.41) is 11.8. The van der Waals surface area contributed by atoms with Crippen molar-refractivity contribution in [2.75, 3.05) is 18.1 Å². The van der Waals surface area contributed by atoms with Crippen LogP contribution >= 0.6 is 0 Å². The molecular weight excluding hydrogens is 382 g/mol. The van der Waals surface area contributed by atoms with Crippen molar-refractivity contribution in [3.05, 3.63) is 72.1 Å². The summed E-state index contributed by atoms with van der Waals surface area (Å²) in [4.78, 5) is 27.6. The van der Waals surface area contributed by atoms with Crippen LogP contribution in [0.15, 0.2) is 60.7 Å². The Balaban J connectivity index is 1.85. The molecule has 0 saturated carbocycles. The molecule has 1 aromatic heterocycles. The van der Waals surface area contributed by atoms with Gasteiger partial charge >= 0.3 is 5.97 Å². The Labute approximate surface area is 175 Å². The molecule has 0 aliphatic heterocycles. The average molecular weight is 407 g/mol. The van der Waals surface area contributed by atoms with Gasteiger partial charge in [0.05, 0.1) is 13.2 Å². The number of anilines is 1. The molecule has 156 valence electrons. The van der Waals surface area contributed by atoms with Crippen molar-refractivity contribution in [2.24, 2.45) is 5.92 Å². The fraction of sp³-hybridized carbons (Fsp3) is 0.318.